The van der Waals surface area contributed by atoms with E-state index in [1.807, 2.05) is 36.4 Å². The summed E-state index contributed by atoms with van der Waals surface area (Å²) < 4.78 is 0. The molecule has 0 aliphatic carbocycles. The number of carbonyl (C=O) groups is 2. The van der Waals surface area contributed by atoms with Crippen molar-refractivity contribution in [1.29, 1.82) is 0 Å². The van der Waals surface area contributed by atoms with Crippen molar-refractivity contribution < 1.29 is 9.59 Å². The Bertz CT molecular complexity index is 810. The molecule has 0 aromatic heterocycles. The average molecular weight is 413 g/mol. The summed E-state index contributed by atoms with van der Waals surface area (Å²) in [4.78, 5) is 25.9. The number of rotatable bonds is 8. The normalized spacial score (nSPS) is 15.2. The monoisotopic (exact) mass is 412 g/mol. The molecule has 2 aromatic carbocycles. The van der Waals surface area contributed by atoms with Crippen molar-refractivity contribution in [1.82, 2.24) is 10.2 Å². The van der Waals surface area contributed by atoms with Crippen LogP contribution in [0.2, 0.25) is 5.02 Å². The number of hydrogen-bond acceptors (Lipinski definition) is 3. The minimum absolute atomic E-state index is 0.0534. The molecule has 4 nitrogen and oxygen atoms in total. The van der Waals surface area contributed by atoms with Gasteiger partial charge >= 0.3 is 0 Å². The van der Waals surface area contributed by atoms with Gasteiger partial charge in [-0.25, -0.2) is 0 Å². The van der Waals surface area contributed by atoms with Crippen LogP contribution in [0.4, 0.5) is 0 Å². The third-order valence-electron chi connectivity index (χ3n) is 5.62. The van der Waals surface area contributed by atoms with Crippen LogP contribution in [-0.2, 0) is 11.3 Å². The Morgan fingerprint density at radius 2 is 1.69 bits per heavy atom. The Morgan fingerprint density at radius 3 is 2.31 bits per heavy atom. The first-order valence-electron chi connectivity index (χ1n) is 10.4. The fourth-order valence-corrected chi connectivity index (χ4v) is 3.99. The average Bonchev–Trinajstić information content (AvgIpc) is 2.73. The molecule has 154 valence electrons. The second-order valence-electron chi connectivity index (χ2n) is 7.80. The number of Topliss-reactive ketones (excluding diaryl/α,β-unsaturated/α-hetero) is 1. The van der Waals surface area contributed by atoms with Gasteiger partial charge in [-0.15, -0.1) is 0 Å². The SMILES string of the molecule is CC(=O)NCc1ccc(C(=O)CCCN2CCC(c3ccc(Cl)cc3)CC2)cc1. The molecule has 1 N–H and O–H groups in total. The second-order valence-corrected chi connectivity index (χ2v) is 8.24. The highest BCUT2D eigenvalue weighted by Gasteiger charge is 2.20. The molecule has 29 heavy (non-hydrogen) atoms. The lowest BCUT2D eigenvalue weighted by Crippen LogP contribution is -2.33. The van der Waals surface area contributed by atoms with Gasteiger partial charge in [0, 0.05) is 30.5 Å². The van der Waals surface area contributed by atoms with Gasteiger partial charge in [0.1, 0.15) is 0 Å². The van der Waals surface area contributed by atoms with Crippen LogP contribution >= 0.6 is 11.6 Å². The number of nitrogens with one attached hydrogen (secondary N) is 1. The molecule has 0 radical (unpaired) electrons. The van der Waals surface area contributed by atoms with Gasteiger partial charge in [0.05, 0.1) is 0 Å². The number of nitrogens with zero attached hydrogens (tertiary/aromatic N) is 1. The number of ketones is 1. The van der Waals surface area contributed by atoms with Crippen LogP contribution in [-0.4, -0.2) is 36.2 Å². The van der Waals surface area contributed by atoms with Gasteiger partial charge in [0.15, 0.2) is 5.78 Å². The van der Waals surface area contributed by atoms with E-state index in [2.05, 4.69) is 22.3 Å². The van der Waals surface area contributed by atoms with Crippen molar-refractivity contribution in [2.75, 3.05) is 19.6 Å². The first kappa shape index (κ1) is 21.5. The molecule has 1 fully saturated rings. The third kappa shape index (κ3) is 6.69. The number of amides is 1. The quantitative estimate of drug-likeness (QED) is 0.632. The molecular formula is C24H29ClN2O2. The highest BCUT2D eigenvalue weighted by molar-refractivity contribution is 6.30. The standard InChI is InChI=1S/C24H29ClN2O2/c1-18(28)26-17-19-4-6-22(7-5-19)24(29)3-2-14-27-15-12-21(13-16-27)20-8-10-23(25)11-9-20/h4-11,21H,2-3,12-17H2,1H3,(H,26,28). The van der Waals surface area contributed by atoms with Gasteiger partial charge < -0.3 is 10.2 Å². The first-order valence-corrected chi connectivity index (χ1v) is 10.7. The summed E-state index contributed by atoms with van der Waals surface area (Å²) in [5.41, 5.74) is 3.13. The summed E-state index contributed by atoms with van der Waals surface area (Å²) in [6, 6.07) is 15.8. The van der Waals surface area contributed by atoms with E-state index in [0.29, 0.717) is 18.9 Å². The van der Waals surface area contributed by atoms with Gasteiger partial charge in [-0.05, 0) is 68.1 Å². The molecule has 1 aliphatic rings. The van der Waals surface area contributed by atoms with E-state index in [4.69, 9.17) is 11.6 Å². The summed E-state index contributed by atoms with van der Waals surface area (Å²) in [5.74, 6) is 0.746. The highest BCUT2D eigenvalue weighted by atomic mass is 35.5. The summed E-state index contributed by atoms with van der Waals surface area (Å²) in [7, 11) is 0. The Labute approximate surface area is 178 Å². The molecule has 1 amide bonds. The van der Waals surface area contributed by atoms with Crippen LogP contribution in [0, 0.1) is 0 Å². The lowest BCUT2D eigenvalue weighted by atomic mass is 9.89. The molecule has 3 rings (SSSR count). The van der Waals surface area contributed by atoms with E-state index in [1.54, 1.807) is 0 Å². The van der Waals surface area contributed by atoms with Gasteiger partial charge in [0.25, 0.3) is 0 Å². The maximum atomic E-state index is 12.4. The van der Waals surface area contributed by atoms with Crippen molar-refractivity contribution in [3.05, 3.63) is 70.2 Å². The van der Waals surface area contributed by atoms with Crippen molar-refractivity contribution in [2.24, 2.45) is 0 Å². The number of piperidine rings is 1. The molecule has 0 unspecified atom stereocenters. The van der Waals surface area contributed by atoms with E-state index in [0.717, 1.165) is 55.0 Å². The van der Waals surface area contributed by atoms with E-state index in [-0.39, 0.29) is 11.7 Å². The van der Waals surface area contributed by atoms with Crippen LogP contribution in [0.5, 0.6) is 0 Å². The molecule has 1 aliphatic heterocycles. The van der Waals surface area contributed by atoms with Gasteiger partial charge in [-0.2, -0.15) is 0 Å². The van der Waals surface area contributed by atoms with Gasteiger partial charge in [-0.3, -0.25) is 9.59 Å². The van der Waals surface area contributed by atoms with Gasteiger partial charge in [0.2, 0.25) is 5.91 Å². The van der Waals surface area contributed by atoms with Crippen LogP contribution < -0.4 is 5.32 Å². The lowest BCUT2D eigenvalue weighted by molar-refractivity contribution is -0.119. The number of halogens is 1. The zero-order chi connectivity index (χ0) is 20.6. The Morgan fingerprint density at radius 1 is 1.03 bits per heavy atom. The first-order chi connectivity index (χ1) is 14.0. The topological polar surface area (TPSA) is 49.4 Å². The van der Waals surface area contributed by atoms with E-state index >= 15 is 0 Å². The Balaban J connectivity index is 1.37. The molecule has 0 spiro atoms. The number of likely N-dealkylation sites (tertiary alicyclic amines) is 1. The van der Waals surface area contributed by atoms with Crippen LogP contribution in [0.25, 0.3) is 0 Å². The maximum Gasteiger partial charge on any atom is 0.217 e. The third-order valence-corrected chi connectivity index (χ3v) is 5.88. The predicted molar refractivity (Wildman–Crippen MR) is 117 cm³/mol. The van der Waals surface area contributed by atoms with Crippen LogP contribution in [0.1, 0.15) is 60.0 Å². The van der Waals surface area contributed by atoms with E-state index < -0.39 is 0 Å². The van der Waals surface area contributed by atoms with Gasteiger partial charge in [-0.1, -0.05) is 48.0 Å². The van der Waals surface area contributed by atoms with E-state index in [9.17, 15) is 9.59 Å². The van der Waals surface area contributed by atoms with Crippen molar-refractivity contribution in [3.63, 3.8) is 0 Å². The van der Waals surface area contributed by atoms with Crippen molar-refractivity contribution in [2.45, 2.75) is 45.1 Å². The zero-order valence-electron chi connectivity index (χ0n) is 17.0. The maximum absolute atomic E-state index is 12.4. The highest BCUT2D eigenvalue weighted by Crippen LogP contribution is 2.28. The minimum Gasteiger partial charge on any atom is -0.352 e. The zero-order valence-corrected chi connectivity index (χ0v) is 17.8. The molecule has 2 aromatic rings. The molecule has 1 saturated heterocycles. The molecule has 0 bridgehead atoms. The smallest absolute Gasteiger partial charge is 0.217 e. The van der Waals surface area contributed by atoms with Crippen LogP contribution in [0.3, 0.4) is 0 Å². The predicted octanol–water partition coefficient (Wildman–Crippen LogP) is 4.82. The second kappa shape index (κ2) is 10.6. The minimum atomic E-state index is -0.0534. The summed E-state index contributed by atoms with van der Waals surface area (Å²) in [6.45, 7) is 5.13. The largest absolute Gasteiger partial charge is 0.352 e. The molecule has 5 heteroatoms. The number of hydrogen-bond donors (Lipinski definition) is 1. The fraction of sp³-hybridized carbons (Fsp3) is 0.417. The van der Waals surface area contributed by atoms with Crippen molar-refractivity contribution in [3.8, 4) is 0 Å². The summed E-state index contributed by atoms with van der Waals surface area (Å²) in [6.07, 6.45) is 3.77. The Hall–Kier alpha value is -2.17. The number of benzene rings is 2. The molecule has 0 atom stereocenters. The number of carbonyl (C=O) groups excluding carboxylic acids is 2. The Kier molecular flexibility index (Phi) is 7.84. The summed E-state index contributed by atoms with van der Waals surface area (Å²) in [5, 5.41) is 3.55. The fourth-order valence-electron chi connectivity index (χ4n) is 3.87. The van der Waals surface area contributed by atoms with Crippen LogP contribution in [0.15, 0.2) is 48.5 Å². The molecular weight excluding hydrogens is 384 g/mol. The lowest BCUT2D eigenvalue weighted by Gasteiger charge is -2.32. The van der Waals surface area contributed by atoms with Crippen molar-refractivity contribution >= 4 is 23.3 Å². The van der Waals surface area contributed by atoms with E-state index in [1.165, 1.54) is 12.5 Å². The molecule has 0 saturated carbocycles. The molecule has 1 heterocycles. The summed E-state index contributed by atoms with van der Waals surface area (Å²) >= 11 is 5.98.